The minimum atomic E-state index is -0.687. The maximum Gasteiger partial charge on any atom is 0.304 e. The molecule has 1 saturated carbocycles. The zero-order valence-corrected chi connectivity index (χ0v) is 13.6. The Morgan fingerprint density at radius 2 is 1.91 bits per heavy atom. The van der Waals surface area contributed by atoms with Gasteiger partial charge >= 0.3 is 5.97 Å². The fraction of sp³-hybridized carbons (Fsp3) is 0.611. The summed E-state index contributed by atoms with van der Waals surface area (Å²) in [6, 6.07) is 9.18. The number of benzene rings is 1. The van der Waals surface area contributed by atoms with Gasteiger partial charge in [-0.25, -0.2) is 0 Å². The Labute approximate surface area is 132 Å². The molecule has 1 N–H and O–H groups in total. The molecule has 0 bridgehead atoms. The number of hydrogen-bond acceptors (Lipinski definition) is 3. The molecular weight excluding hydrogens is 276 g/mol. The standard InChI is InChI=1S/C18H26N2O2/c1-14(2)19-8-10-20(11-9-19)16-5-3-4-15(12-16)18(6-7-18)13-17(21)22/h3-5,12,14H,6-11,13H2,1-2H3,(H,21,22). The Kier molecular flexibility index (Phi) is 4.13. The Morgan fingerprint density at radius 1 is 1.23 bits per heavy atom. The predicted molar refractivity (Wildman–Crippen MR) is 88.5 cm³/mol. The van der Waals surface area contributed by atoms with Crippen molar-refractivity contribution in [2.24, 2.45) is 0 Å². The summed E-state index contributed by atoms with van der Waals surface area (Å²) < 4.78 is 0. The van der Waals surface area contributed by atoms with E-state index in [1.54, 1.807) is 0 Å². The van der Waals surface area contributed by atoms with E-state index in [1.807, 2.05) is 0 Å². The van der Waals surface area contributed by atoms with Gasteiger partial charge < -0.3 is 10.0 Å². The zero-order valence-electron chi connectivity index (χ0n) is 13.6. The molecule has 3 rings (SSSR count). The first-order chi connectivity index (χ1) is 10.5. The van der Waals surface area contributed by atoms with E-state index in [9.17, 15) is 4.79 Å². The fourth-order valence-corrected chi connectivity index (χ4v) is 3.54. The van der Waals surface area contributed by atoms with Crippen LogP contribution < -0.4 is 4.90 Å². The largest absolute Gasteiger partial charge is 0.481 e. The molecule has 1 heterocycles. The van der Waals surface area contributed by atoms with E-state index in [-0.39, 0.29) is 11.8 Å². The summed E-state index contributed by atoms with van der Waals surface area (Å²) in [4.78, 5) is 16.0. The number of carbonyl (C=O) groups is 1. The molecule has 120 valence electrons. The molecule has 1 aromatic rings. The summed E-state index contributed by atoms with van der Waals surface area (Å²) in [5.41, 5.74) is 2.36. The molecule has 2 fully saturated rings. The van der Waals surface area contributed by atoms with Crippen molar-refractivity contribution in [1.82, 2.24) is 4.90 Å². The summed E-state index contributed by atoms with van der Waals surface area (Å²) >= 11 is 0. The van der Waals surface area contributed by atoms with Crippen molar-refractivity contribution in [2.75, 3.05) is 31.1 Å². The molecule has 0 spiro atoms. The number of carboxylic acid groups (broad SMARTS) is 1. The fourth-order valence-electron chi connectivity index (χ4n) is 3.54. The Hall–Kier alpha value is -1.55. The van der Waals surface area contributed by atoms with E-state index >= 15 is 0 Å². The van der Waals surface area contributed by atoms with Crippen LogP contribution in [0.25, 0.3) is 0 Å². The molecule has 0 aromatic heterocycles. The molecule has 1 aliphatic carbocycles. The van der Waals surface area contributed by atoms with Crippen LogP contribution in [0.15, 0.2) is 24.3 Å². The second-order valence-corrected chi connectivity index (χ2v) is 7.02. The summed E-state index contributed by atoms with van der Waals surface area (Å²) in [5, 5.41) is 9.13. The van der Waals surface area contributed by atoms with Gasteiger partial charge in [0.25, 0.3) is 0 Å². The molecule has 0 radical (unpaired) electrons. The molecule has 4 heteroatoms. The number of piperazine rings is 1. The van der Waals surface area contributed by atoms with Crippen LogP contribution in [0.5, 0.6) is 0 Å². The summed E-state index contributed by atoms with van der Waals surface area (Å²) in [5.74, 6) is -0.687. The monoisotopic (exact) mass is 302 g/mol. The maximum atomic E-state index is 11.1. The maximum absolute atomic E-state index is 11.1. The summed E-state index contributed by atoms with van der Waals surface area (Å²) in [6.45, 7) is 8.80. The van der Waals surface area contributed by atoms with Crippen LogP contribution in [0, 0.1) is 0 Å². The molecule has 1 aliphatic heterocycles. The highest BCUT2D eigenvalue weighted by atomic mass is 16.4. The van der Waals surface area contributed by atoms with Crippen molar-refractivity contribution in [3.8, 4) is 0 Å². The Balaban J connectivity index is 1.71. The van der Waals surface area contributed by atoms with Gasteiger partial charge in [-0.15, -0.1) is 0 Å². The van der Waals surface area contributed by atoms with Crippen LogP contribution in [-0.4, -0.2) is 48.2 Å². The molecule has 0 unspecified atom stereocenters. The first-order valence-electron chi connectivity index (χ1n) is 8.31. The summed E-state index contributed by atoms with van der Waals surface area (Å²) in [7, 11) is 0. The van der Waals surface area contributed by atoms with Crippen molar-refractivity contribution >= 4 is 11.7 Å². The van der Waals surface area contributed by atoms with Gasteiger partial charge in [0.05, 0.1) is 6.42 Å². The van der Waals surface area contributed by atoms with Crippen LogP contribution in [0.4, 0.5) is 5.69 Å². The SMILES string of the molecule is CC(C)N1CCN(c2cccc(C3(CC(=O)O)CC3)c2)CC1. The molecule has 22 heavy (non-hydrogen) atoms. The number of carboxylic acids is 1. The second-order valence-electron chi connectivity index (χ2n) is 7.02. The number of rotatable bonds is 5. The van der Waals surface area contributed by atoms with Crippen LogP contribution >= 0.6 is 0 Å². The van der Waals surface area contributed by atoms with Crippen LogP contribution in [0.1, 0.15) is 38.7 Å². The number of nitrogens with zero attached hydrogens (tertiary/aromatic N) is 2. The zero-order chi connectivity index (χ0) is 15.7. The highest BCUT2D eigenvalue weighted by Gasteiger charge is 2.46. The highest BCUT2D eigenvalue weighted by molar-refractivity contribution is 5.70. The van der Waals surface area contributed by atoms with Crippen molar-refractivity contribution in [3.05, 3.63) is 29.8 Å². The van der Waals surface area contributed by atoms with Crippen LogP contribution in [0.2, 0.25) is 0 Å². The van der Waals surface area contributed by atoms with Crippen molar-refractivity contribution in [1.29, 1.82) is 0 Å². The van der Waals surface area contributed by atoms with E-state index in [4.69, 9.17) is 5.11 Å². The minimum absolute atomic E-state index is 0.0956. The van der Waals surface area contributed by atoms with Gasteiger partial charge in [0, 0.05) is 43.3 Å². The smallest absolute Gasteiger partial charge is 0.304 e. The van der Waals surface area contributed by atoms with Crippen molar-refractivity contribution in [2.45, 2.75) is 44.6 Å². The van der Waals surface area contributed by atoms with Gasteiger partial charge in [0.2, 0.25) is 0 Å². The molecule has 0 amide bonds. The molecular formula is C18H26N2O2. The first-order valence-corrected chi connectivity index (χ1v) is 8.31. The van der Waals surface area contributed by atoms with Gasteiger partial charge in [0.1, 0.15) is 0 Å². The average molecular weight is 302 g/mol. The molecule has 1 saturated heterocycles. The van der Waals surface area contributed by atoms with E-state index in [0.29, 0.717) is 6.04 Å². The van der Waals surface area contributed by atoms with Crippen molar-refractivity contribution in [3.63, 3.8) is 0 Å². The van der Waals surface area contributed by atoms with Crippen molar-refractivity contribution < 1.29 is 9.90 Å². The second kappa shape index (κ2) is 5.92. The quantitative estimate of drug-likeness (QED) is 0.908. The predicted octanol–water partition coefficient (Wildman–Crippen LogP) is 2.72. The lowest BCUT2D eigenvalue weighted by Gasteiger charge is -2.38. The molecule has 4 nitrogen and oxygen atoms in total. The normalized spacial score (nSPS) is 21.1. The van der Waals surface area contributed by atoms with Gasteiger partial charge in [-0.3, -0.25) is 9.69 Å². The van der Waals surface area contributed by atoms with E-state index in [1.165, 1.54) is 11.3 Å². The number of aliphatic carboxylic acids is 1. The van der Waals surface area contributed by atoms with E-state index in [2.05, 4.69) is 47.9 Å². The van der Waals surface area contributed by atoms with E-state index in [0.717, 1.165) is 39.0 Å². The first kappa shape index (κ1) is 15.3. The third kappa shape index (κ3) is 3.12. The topological polar surface area (TPSA) is 43.8 Å². The average Bonchev–Trinajstić information content (AvgIpc) is 3.27. The van der Waals surface area contributed by atoms with Crippen LogP contribution in [0.3, 0.4) is 0 Å². The van der Waals surface area contributed by atoms with E-state index < -0.39 is 5.97 Å². The lowest BCUT2D eigenvalue weighted by atomic mass is 9.92. The summed E-state index contributed by atoms with van der Waals surface area (Å²) in [6.07, 6.45) is 2.27. The Bertz CT molecular complexity index is 544. The molecule has 2 aliphatic rings. The van der Waals surface area contributed by atoms with Gasteiger partial charge in [-0.1, -0.05) is 12.1 Å². The molecule has 0 atom stereocenters. The minimum Gasteiger partial charge on any atom is -0.481 e. The lowest BCUT2D eigenvalue weighted by Crippen LogP contribution is -2.48. The number of anilines is 1. The third-order valence-electron chi connectivity index (χ3n) is 5.21. The van der Waals surface area contributed by atoms with Gasteiger partial charge in [0.15, 0.2) is 0 Å². The van der Waals surface area contributed by atoms with Gasteiger partial charge in [-0.2, -0.15) is 0 Å². The molecule has 1 aromatic carbocycles. The lowest BCUT2D eigenvalue weighted by molar-refractivity contribution is -0.137. The highest BCUT2D eigenvalue weighted by Crippen LogP contribution is 2.51. The number of hydrogen-bond donors (Lipinski definition) is 1. The van der Waals surface area contributed by atoms with Crippen LogP contribution in [-0.2, 0) is 10.2 Å². The third-order valence-corrected chi connectivity index (χ3v) is 5.21. The Morgan fingerprint density at radius 3 is 2.45 bits per heavy atom. The van der Waals surface area contributed by atoms with Gasteiger partial charge in [-0.05, 0) is 44.4 Å².